The normalized spacial score (nSPS) is 19.1. The van der Waals surface area contributed by atoms with Crippen molar-refractivity contribution in [3.8, 4) is 0 Å². The molecular formula is C13H16N2O4S. The summed E-state index contributed by atoms with van der Waals surface area (Å²) < 4.78 is 5.50. The van der Waals surface area contributed by atoms with E-state index in [9.17, 15) is 9.59 Å². The van der Waals surface area contributed by atoms with Crippen LogP contribution in [0.2, 0.25) is 0 Å². The maximum absolute atomic E-state index is 11.8. The fourth-order valence-corrected chi connectivity index (χ4v) is 2.66. The van der Waals surface area contributed by atoms with Crippen molar-refractivity contribution in [1.82, 2.24) is 4.98 Å². The molecule has 1 aliphatic heterocycles. The molecule has 2 rings (SSSR count). The molecule has 1 saturated heterocycles. The number of amides is 1. The topological polar surface area (TPSA) is 88.5 Å². The molecule has 0 saturated carbocycles. The van der Waals surface area contributed by atoms with Gasteiger partial charge in [0, 0.05) is 23.8 Å². The Bertz CT molecular complexity index is 506. The summed E-state index contributed by atoms with van der Waals surface area (Å²) in [6, 6.07) is 0. The highest BCUT2D eigenvalue weighted by molar-refractivity contribution is 7.16. The summed E-state index contributed by atoms with van der Waals surface area (Å²) in [6.45, 7) is 0.722. The van der Waals surface area contributed by atoms with E-state index in [0.29, 0.717) is 16.4 Å². The average Bonchev–Trinajstić information content (AvgIpc) is 2.85. The number of carboxylic acids is 1. The van der Waals surface area contributed by atoms with Gasteiger partial charge >= 0.3 is 5.97 Å². The third kappa shape index (κ3) is 4.75. The Morgan fingerprint density at radius 1 is 1.55 bits per heavy atom. The first-order chi connectivity index (χ1) is 9.63. The van der Waals surface area contributed by atoms with Gasteiger partial charge in [-0.3, -0.25) is 4.79 Å². The molecule has 0 aliphatic carbocycles. The number of nitrogens with zero attached hydrogens (tertiary/aromatic N) is 1. The van der Waals surface area contributed by atoms with E-state index >= 15 is 0 Å². The van der Waals surface area contributed by atoms with Crippen LogP contribution in [0.5, 0.6) is 0 Å². The van der Waals surface area contributed by atoms with E-state index in [1.54, 1.807) is 0 Å². The highest BCUT2D eigenvalue weighted by atomic mass is 32.1. The van der Waals surface area contributed by atoms with E-state index in [1.807, 2.05) is 0 Å². The van der Waals surface area contributed by atoms with Crippen molar-refractivity contribution in [2.24, 2.45) is 0 Å². The first kappa shape index (κ1) is 14.7. The minimum atomic E-state index is -1.02. The quantitative estimate of drug-likeness (QED) is 0.813. The highest BCUT2D eigenvalue weighted by Crippen LogP contribution is 2.21. The van der Waals surface area contributed by atoms with E-state index in [0.717, 1.165) is 31.9 Å². The highest BCUT2D eigenvalue weighted by Gasteiger charge is 2.18. The van der Waals surface area contributed by atoms with E-state index < -0.39 is 5.97 Å². The molecule has 0 aromatic carbocycles. The van der Waals surface area contributed by atoms with Gasteiger partial charge in [-0.15, -0.1) is 0 Å². The molecule has 1 aromatic heterocycles. The molecule has 0 radical (unpaired) electrons. The van der Waals surface area contributed by atoms with Crippen LogP contribution >= 0.6 is 11.3 Å². The van der Waals surface area contributed by atoms with Crippen LogP contribution in [0.3, 0.4) is 0 Å². The number of carboxylic acid groups (broad SMARTS) is 1. The van der Waals surface area contributed by atoms with Crippen LogP contribution in [0.25, 0.3) is 6.08 Å². The predicted octanol–water partition coefficient (Wildman–Crippen LogP) is 2.14. The van der Waals surface area contributed by atoms with Crippen LogP contribution < -0.4 is 5.32 Å². The lowest BCUT2D eigenvalue weighted by molar-refractivity contribution is -0.131. The molecule has 6 nitrogen and oxygen atoms in total. The molecule has 1 atom stereocenters. The van der Waals surface area contributed by atoms with E-state index in [4.69, 9.17) is 9.84 Å². The Morgan fingerprint density at radius 2 is 2.40 bits per heavy atom. The maximum atomic E-state index is 11.8. The van der Waals surface area contributed by atoms with Crippen molar-refractivity contribution in [3.63, 3.8) is 0 Å². The number of rotatable bonds is 5. The number of anilines is 1. The fourth-order valence-electron chi connectivity index (χ4n) is 1.92. The molecule has 2 N–H and O–H groups in total. The molecule has 1 amide bonds. The largest absolute Gasteiger partial charge is 0.478 e. The number of nitrogens with one attached hydrogen (secondary N) is 1. The lowest BCUT2D eigenvalue weighted by atomic mass is 10.1. The smallest absolute Gasteiger partial charge is 0.328 e. The summed E-state index contributed by atoms with van der Waals surface area (Å²) in [4.78, 5) is 26.9. The van der Waals surface area contributed by atoms with Crippen molar-refractivity contribution < 1.29 is 19.4 Å². The number of ether oxygens (including phenoxy) is 1. The second-order valence-electron chi connectivity index (χ2n) is 4.48. The number of carbonyl (C=O) groups excluding carboxylic acids is 1. The molecule has 2 heterocycles. The van der Waals surface area contributed by atoms with Crippen molar-refractivity contribution in [3.05, 3.63) is 17.2 Å². The monoisotopic (exact) mass is 296 g/mol. The minimum absolute atomic E-state index is 0.00455. The van der Waals surface area contributed by atoms with Gasteiger partial charge in [0.1, 0.15) is 0 Å². The minimum Gasteiger partial charge on any atom is -0.478 e. The van der Waals surface area contributed by atoms with Crippen LogP contribution in [-0.2, 0) is 14.3 Å². The van der Waals surface area contributed by atoms with Gasteiger partial charge in [-0.2, -0.15) is 0 Å². The number of aliphatic carboxylic acids is 1. The third-order valence-electron chi connectivity index (χ3n) is 2.85. The van der Waals surface area contributed by atoms with Crippen molar-refractivity contribution in [2.75, 3.05) is 11.9 Å². The third-order valence-corrected chi connectivity index (χ3v) is 3.73. The second kappa shape index (κ2) is 7.16. The Hall–Kier alpha value is -1.73. The maximum Gasteiger partial charge on any atom is 0.328 e. The van der Waals surface area contributed by atoms with Crippen LogP contribution in [-0.4, -0.2) is 34.7 Å². The number of carbonyl (C=O) groups is 2. The zero-order valence-corrected chi connectivity index (χ0v) is 11.7. The van der Waals surface area contributed by atoms with Gasteiger partial charge in [-0.25, -0.2) is 9.78 Å². The molecular weight excluding hydrogens is 280 g/mol. The number of thiazole rings is 1. The van der Waals surface area contributed by atoms with Gasteiger partial charge in [0.05, 0.1) is 12.5 Å². The van der Waals surface area contributed by atoms with Crippen LogP contribution in [0.1, 0.15) is 30.6 Å². The van der Waals surface area contributed by atoms with Gasteiger partial charge in [0.15, 0.2) is 5.13 Å². The zero-order valence-electron chi connectivity index (χ0n) is 10.9. The van der Waals surface area contributed by atoms with Crippen molar-refractivity contribution in [2.45, 2.75) is 31.8 Å². The molecule has 0 spiro atoms. The zero-order chi connectivity index (χ0) is 14.4. The molecule has 20 heavy (non-hydrogen) atoms. The number of hydrogen-bond donors (Lipinski definition) is 2. The van der Waals surface area contributed by atoms with Crippen LogP contribution in [0.15, 0.2) is 12.3 Å². The first-order valence-electron chi connectivity index (χ1n) is 6.42. The molecule has 1 aromatic rings. The fraction of sp³-hybridized carbons (Fsp3) is 0.462. The summed E-state index contributed by atoms with van der Waals surface area (Å²) in [7, 11) is 0. The van der Waals surface area contributed by atoms with Gasteiger partial charge in [-0.1, -0.05) is 11.3 Å². The van der Waals surface area contributed by atoms with E-state index in [1.165, 1.54) is 23.6 Å². The SMILES string of the molecule is O=C(O)/C=C/c1cnc(NC(=O)CC2CCCCO2)s1. The molecule has 1 fully saturated rings. The first-order valence-corrected chi connectivity index (χ1v) is 7.23. The summed E-state index contributed by atoms with van der Waals surface area (Å²) in [5.74, 6) is -1.14. The molecule has 7 heteroatoms. The van der Waals surface area contributed by atoms with Gasteiger partial charge in [0.2, 0.25) is 5.91 Å². The van der Waals surface area contributed by atoms with Gasteiger partial charge in [-0.05, 0) is 25.3 Å². The standard InChI is InChI=1S/C13H16N2O4S/c16-11(7-9-3-1-2-6-19-9)15-13-14-8-10(20-13)4-5-12(17)18/h4-5,8-9H,1-3,6-7H2,(H,17,18)(H,14,15,16)/b5-4+. The van der Waals surface area contributed by atoms with E-state index in [2.05, 4.69) is 10.3 Å². The lowest BCUT2D eigenvalue weighted by Crippen LogP contribution is -2.25. The number of hydrogen-bond acceptors (Lipinski definition) is 5. The van der Waals surface area contributed by atoms with Crippen LogP contribution in [0, 0.1) is 0 Å². The summed E-state index contributed by atoms with van der Waals surface area (Å²) in [6.07, 6.45) is 7.40. The summed E-state index contributed by atoms with van der Waals surface area (Å²) in [5, 5.41) is 11.7. The number of aromatic nitrogens is 1. The summed E-state index contributed by atoms with van der Waals surface area (Å²) >= 11 is 1.23. The summed E-state index contributed by atoms with van der Waals surface area (Å²) in [5.41, 5.74) is 0. The average molecular weight is 296 g/mol. The molecule has 0 bridgehead atoms. The molecule has 108 valence electrons. The van der Waals surface area contributed by atoms with Crippen molar-refractivity contribution >= 4 is 34.4 Å². The predicted molar refractivity (Wildman–Crippen MR) is 75.6 cm³/mol. The Morgan fingerprint density at radius 3 is 3.10 bits per heavy atom. The lowest BCUT2D eigenvalue weighted by Gasteiger charge is -2.21. The van der Waals surface area contributed by atoms with E-state index in [-0.39, 0.29) is 12.0 Å². The Kier molecular flexibility index (Phi) is 5.25. The molecule has 1 unspecified atom stereocenters. The molecule has 1 aliphatic rings. The Labute approximate surface area is 120 Å². The van der Waals surface area contributed by atoms with Gasteiger partial charge < -0.3 is 15.2 Å². The van der Waals surface area contributed by atoms with Crippen molar-refractivity contribution in [1.29, 1.82) is 0 Å². The van der Waals surface area contributed by atoms with Gasteiger partial charge in [0.25, 0.3) is 0 Å². The van der Waals surface area contributed by atoms with Crippen LogP contribution in [0.4, 0.5) is 5.13 Å². The second-order valence-corrected chi connectivity index (χ2v) is 5.54. The Balaban J connectivity index is 1.83.